The van der Waals surface area contributed by atoms with E-state index in [1.807, 2.05) is 0 Å². The summed E-state index contributed by atoms with van der Waals surface area (Å²) in [6.07, 6.45) is 2.31. The molecule has 4 nitrogen and oxygen atoms in total. The van der Waals surface area contributed by atoms with Gasteiger partial charge in [-0.1, -0.05) is 41.6 Å². The highest BCUT2D eigenvalue weighted by molar-refractivity contribution is 7.98. The fourth-order valence-electron chi connectivity index (χ4n) is 3.20. The molecule has 1 aromatic heterocycles. The SMILES string of the molecule is Cc1ccc(CSc2nnc(-c3ccc(F)cc3)n2C[C@H]2CCCO2)cc1. The van der Waals surface area contributed by atoms with Gasteiger partial charge < -0.3 is 4.74 Å². The summed E-state index contributed by atoms with van der Waals surface area (Å²) in [6, 6.07) is 14.9. The molecule has 1 saturated heterocycles. The van der Waals surface area contributed by atoms with Crippen LogP contribution in [0, 0.1) is 12.7 Å². The monoisotopic (exact) mass is 383 g/mol. The van der Waals surface area contributed by atoms with Gasteiger partial charge in [0.1, 0.15) is 5.82 Å². The maximum atomic E-state index is 13.3. The number of ether oxygens (including phenoxy) is 1. The predicted octanol–water partition coefficient (Wildman–Crippen LogP) is 4.86. The van der Waals surface area contributed by atoms with Crippen molar-refractivity contribution in [3.8, 4) is 11.4 Å². The Hall–Kier alpha value is -2.18. The standard InChI is InChI=1S/C21H22FN3OS/c1-15-4-6-16(7-5-15)14-27-21-24-23-20(17-8-10-18(22)11-9-17)25(21)13-19-3-2-12-26-19/h4-11,19H,2-3,12-14H2,1H3/t19-/m1/s1. The number of hydrogen-bond donors (Lipinski definition) is 0. The van der Waals surface area contributed by atoms with Gasteiger partial charge in [0.2, 0.25) is 0 Å². The number of thioether (sulfide) groups is 1. The largest absolute Gasteiger partial charge is 0.376 e. The lowest BCUT2D eigenvalue weighted by molar-refractivity contribution is 0.0953. The van der Waals surface area contributed by atoms with Crippen LogP contribution in [-0.2, 0) is 17.0 Å². The van der Waals surface area contributed by atoms with Crippen LogP contribution >= 0.6 is 11.8 Å². The van der Waals surface area contributed by atoms with Gasteiger partial charge in [-0.25, -0.2) is 4.39 Å². The molecule has 1 atom stereocenters. The van der Waals surface area contributed by atoms with Crippen LogP contribution in [0.2, 0.25) is 0 Å². The second kappa shape index (κ2) is 8.23. The highest BCUT2D eigenvalue weighted by Gasteiger charge is 2.21. The smallest absolute Gasteiger partial charge is 0.191 e. The van der Waals surface area contributed by atoms with Crippen LogP contribution in [0.1, 0.15) is 24.0 Å². The number of rotatable bonds is 6. The first-order chi connectivity index (χ1) is 13.2. The molecule has 140 valence electrons. The summed E-state index contributed by atoms with van der Waals surface area (Å²) in [5.74, 6) is 1.34. The lowest BCUT2D eigenvalue weighted by atomic mass is 10.2. The Bertz CT molecular complexity index is 887. The Morgan fingerprint density at radius 2 is 1.89 bits per heavy atom. The van der Waals surface area contributed by atoms with E-state index in [9.17, 15) is 4.39 Å². The van der Waals surface area contributed by atoms with Gasteiger partial charge in [0.15, 0.2) is 11.0 Å². The van der Waals surface area contributed by atoms with Gasteiger partial charge in [-0.3, -0.25) is 4.57 Å². The molecule has 27 heavy (non-hydrogen) atoms. The van der Waals surface area contributed by atoms with E-state index < -0.39 is 0 Å². The molecule has 3 aromatic rings. The van der Waals surface area contributed by atoms with Crippen molar-refractivity contribution in [3.63, 3.8) is 0 Å². The summed E-state index contributed by atoms with van der Waals surface area (Å²) in [4.78, 5) is 0. The zero-order valence-corrected chi connectivity index (χ0v) is 16.1. The van der Waals surface area contributed by atoms with Gasteiger partial charge in [0.05, 0.1) is 12.6 Å². The van der Waals surface area contributed by atoms with Crippen LogP contribution in [0.5, 0.6) is 0 Å². The van der Waals surface area contributed by atoms with Crippen molar-refractivity contribution in [1.82, 2.24) is 14.8 Å². The fourth-order valence-corrected chi connectivity index (χ4v) is 4.10. The molecule has 2 heterocycles. The Balaban J connectivity index is 1.59. The number of benzene rings is 2. The van der Waals surface area contributed by atoms with Gasteiger partial charge in [-0.15, -0.1) is 10.2 Å². The van der Waals surface area contributed by atoms with Crippen molar-refractivity contribution in [3.05, 3.63) is 65.5 Å². The van der Waals surface area contributed by atoms with E-state index in [1.165, 1.54) is 23.3 Å². The highest BCUT2D eigenvalue weighted by Crippen LogP contribution is 2.28. The Morgan fingerprint density at radius 3 is 2.59 bits per heavy atom. The maximum absolute atomic E-state index is 13.3. The van der Waals surface area contributed by atoms with Crippen molar-refractivity contribution >= 4 is 11.8 Å². The lowest BCUT2D eigenvalue weighted by Gasteiger charge is -2.14. The van der Waals surface area contributed by atoms with Crippen molar-refractivity contribution in [2.45, 2.75) is 43.3 Å². The highest BCUT2D eigenvalue weighted by atomic mass is 32.2. The molecule has 0 spiro atoms. The minimum atomic E-state index is -0.252. The second-order valence-electron chi connectivity index (χ2n) is 6.83. The van der Waals surface area contributed by atoms with E-state index in [0.717, 1.165) is 48.3 Å². The minimum absolute atomic E-state index is 0.180. The van der Waals surface area contributed by atoms with E-state index in [4.69, 9.17) is 4.74 Å². The molecule has 0 unspecified atom stereocenters. The van der Waals surface area contributed by atoms with Gasteiger partial charge >= 0.3 is 0 Å². The number of aryl methyl sites for hydroxylation is 1. The molecular formula is C21H22FN3OS. The number of hydrogen-bond acceptors (Lipinski definition) is 4. The molecule has 0 amide bonds. The third kappa shape index (κ3) is 4.39. The van der Waals surface area contributed by atoms with Crippen molar-refractivity contribution in [2.24, 2.45) is 0 Å². The first-order valence-corrected chi connectivity index (χ1v) is 10.2. The van der Waals surface area contributed by atoms with Crippen molar-refractivity contribution in [2.75, 3.05) is 6.61 Å². The summed E-state index contributed by atoms with van der Waals surface area (Å²) in [5, 5.41) is 9.68. The van der Waals surface area contributed by atoms with E-state index in [2.05, 4.69) is 46.0 Å². The summed E-state index contributed by atoms with van der Waals surface area (Å²) in [5.41, 5.74) is 3.37. The van der Waals surface area contributed by atoms with Crippen LogP contribution in [0.15, 0.2) is 53.7 Å². The third-order valence-corrected chi connectivity index (χ3v) is 5.76. The van der Waals surface area contributed by atoms with Gasteiger partial charge in [-0.05, 0) is 49.6 Å². The van der Waals surface area contributed by atoms with Crippen LogP contribution in [-0.4, -0.2) is 27.5 Å². The van der Waals surface area contributed by atoms with E-state index >= 15 is 0 Å². The molecule has 0 radical (unpaired) electrons. The molecule has 6 heteroatoms. The average Bonchev–Trinajstić information content (AvgIpc) is 3.33. The van der Waals surface area contributed by atoms with E-state index in [-0.39, 0.29) is 11.9 Å². The maximum Gasteiger partial charge on any atom is 0.191 e. The van der Waals surface area contributed by atoms with Crippen molar-refractivity contribution in [1.29, 1.82) is 0 Å². The van der Waals surface area contributed by atoms with Crippen molar-refractivity contribution < 1.29 is 9.13 Å². The molecule has 0 aliphatic carbocycles. The molecule has 4 rings (SSSR count). The normalized spacial score (nSPS) is 16.7. The van der Waals surface area contributed by atoms with E-state index in [0.29, 0.717) is 0 Å². The number of aromatic nitrogens is 3. The van der Waals surface area contributed by atoms with Gasteiger partial charge in [0.25, 0.3) is 0 Å². The first kappa shape index (κ1) is 18.2. The van der Waals surface area contributed by atoms with Crippen LogP contribution in [0.4, 0.5) is 4.39 Å². The minimum Gasteiger partial charge on any atom is -0.376 e. The molecule has 0 N–H and O–H groups in total. The average molecular weight is 383 g/mol. The molecule has 1 aliphatic rings. The Morgan fingerprint density at radius 1 is 1.11 bits per heavy atom. The Labute approximate surface area is 162 Å². The zero-order valence-electron chi connectivity index (χ0n) is 15.3. The third-order valence-electron chi connectivity index (χ3n) is 4.72. The first-order valence-electron chi connectivity index (χ1n) is 9.18. The van der Waals surface area contributed by atoms with Crippen LogP contribution in [0.25, 0.3) is 11.4 Å². The zero-order chi connectivity index (χ0) is 18.6. The summed E-state index contributed by atoms with van der Waals surface area (Å²) in [7, 11) is 0. The lowest BCUT2D eigenvalue weighted by Crippen LogP contribution is -2.16. The number of nitrogens with zero attached hydrogens (tertiary/aromatic N) is 3. The van der Waals surface area contributed by atoms with Gasteiger partial charge in [-0.2, -0.15) is 0 Å². The van der Waals surface area contributed by atoms with Crippen LogP contribution in [0.3, 0.4) is 0 Å². The molecular weight excluding hydrogens is 361 g/mol. The summed E-state index contributed by atoms with van der Waals surface area (Å²) >= 11 is 1.67. The molecule has 2 aromatic carbocycles. The van der Waals surface area contributed by atoms with Gasteiger partial charge in [0, 0.05) is 17.9 Å². The topological polar surface area (TPSA) is 39.9 Å². The fraction of sp³-hybridized carbons (Fsp3) is 0.333. The summed E-state index contributed by atoms with van der Waals surface area (Å²) in [6.45, 7) is 3.62. The quantitative estimate of drug-likeness (QED) is 0.570. The Kier molecular flexibility index (Phi) is 5.55. The summed E-state index contributed by atoms with van der Waals surface area (Å²) < 4.78 is 21.2. The second-order valence-corrected chi connectivity index (χ2v) is 7.78. The van der Waals surface area contributed by atoms with E-state index in [1.54, 1.807) is 23.9 Å². The predicted molar refractivity (Wildman–Crippen MR) is 105 cm³/mol. The molecule has 0 saturated carbocycles. The molecule has 1 fully saturated rings. The molecule has 1 aliphatic heterocycles. The number of halogens is 1. The van der Waals surface area contributed by atoms with Crippen LogP contribution < -0.4 is 0 Å². The molecule has 0 bridgehead atoms.